The lowest BCUT2D eigenvalue weighted by Crippen LogP contribution is -2.45. The number of morpholine rings is 2. The smallest absolute Gasteiger partial charge is 0.202 e. The highest BCUT2D eigenvalue weighted by Gasteiger charge is 2.46. The molecule has 0 aliphatic carbocycles. The number of hydrogen-bond donors (Lipinski definition) is 0. The van der Waals surface area contributed by atoms with Gasteiger partial charge in [0.1, 0.15) is 11.5 Å². The first-order valence-electron chi connectivity index (χ1n) is 9.14. The number of rotatable bonds is 5. The van der Waals surface area contributed by atoms with Crippen LogP contribution in [0.25, 0.3) is 0 Å². The van der Waals surface area contributed by atoms with Crippen LogP contribution in [0.5, 0.6) is 0 Å². The molecule has 0 amide bonds. The fourth-order valence-electron chi connectivity index (χ4n) is 3.79. The van der Waals surface area contributed by atoms with Crippen LogP contribution in [-0.4, -0.2) is 62.2 Å². The Labute approximate surface area is 154 Å². The molecule has 7 heteroatoms. The molecule has 0 spiro atoms. The fraction of sp³-hybridized carbons (Fsp3) is 0.474. The van der Waals surface area contributed by atoms with Crippen molar-refractivity contribution in [1.29, 1.82) is 0 Å². The summed E-state index contributed by atoms with van der Waals surface area (Å²) in [4.78, 5) is 2.26. The van der Waals surface area contributed by atoms with Crippen LogP contribution in [0.1, 0.15) is 11.5 Å². The summed E-state index contributed by atoms with van der Waals surface area (Å²) in [6.45, 7) is 5.31. The monoisotopic (exact) mass is 376 g/mol. The second-order valence-electron chi connectivity index (χ2n) is 6.56. The van der Waals surface area contributed by atoms with Crippen LogP contribution in [0, 0.1) is 0 Å². The Hall–Kier alpha value is -1.43. The minimum Gasteiger partial charge on any atom is -0.467 e. The standard InChI is InChI=1S/C19H25N2O4P/c22-26(17-5-2-1-3-6-17,21-10-15-24-16-11-21)19(18-7-4-12-25-18)20-8-13-23-14-9-20/h1-7,12,19H,8-11,13-16H2/t19-,26-/m0/s1. The average Bonchev–Trinajstić information content (AvgIpc) is 3.24. The Kier molecular flexibility index (Phi) is 5.57. The molecule has 6 nitrogen and oxygen atoms in total. The van der Waals surface area contributed by atoms with E-state index in [0.717, 1.165) is 24.2 Å². The summed E-state index contributed by atoms with van der Waals surface area (Å²) in [7, 11) is -2.98. The molecule has 2 aliphatic heterocycles. The van der Waals surface area contributed by atoms with Gasteiger partial charge in [-0.2, -0.15) is 0 Å². The highest BCUT2D eigenvalue weighted by atomic mass is 31.2. The van der Waals surface area contributed by atoms with E-state index >= 15 is 0 Å². The van der Waals surface area contributed by atoms with Gasteiger partial charge in [0.25, 0.3) is 0 Å². The topological polar surface area (TPSA) is 55.2 Å². The number of ether oxygens (including phenoxy) is 2. The Morgan fingerprint density at radius 2 is 1.50 bits per heavy atom. The van der Waals surface area contributed by atoms with Gasteiger partial charge in [-0.15, -0.1) is 0 Å². The third-order valence-corrected chi connectivity index (χ3v) is 8.58. The summed E-state index contributed by atoms with van der Waals surface area (Å²) >= 11 is 0. The predicted molar refractivity (Wildman–Crippen MR) is 99.9 cm³/mol. The van der Waals surface area contributed by atoms with E-state index in [-0.39, 0.29) is 5.78 Å². The van der Waals surface area contributed by atoms with Crippen LogP contribution in [0.15, 0.2) is 53.1 Å². The SMILES string of the molecule is O=[P@@](c1ccccc1)([C@@H](c1ccco1)N1CCOCC1)N1CCOCC1. The van der Waals surface area contributed by atoms with E-state index in [0.29, 0.717) is 39.5 Å². The second-order valence-corrected chi connectivity index (χ2v) is 9.38. The van der Waals surface area contributed by atoms with Crippen LogP contribution >= 0.6 is 7.29 Å². The van der Waals surface area contributed by atoms with Crippen LogP contribution < -0.4 is 5.30 Å². The van der Waals surface area contributed by atoms with Crippen molar-refractivity contribution in [2.75, 3.05) is 52.6 Å². The van der Waals surface area contributed by atoms with Crippen molar-refractivity contribution in [3.05, 3.63) is 54.5 Å². The molecule has 140 valence electrons. The van der Waals surface area contributed by atoms with Gasteiger partial charge in [0.2, 0.25) is 7.29 Å². The van der Waals surface area contributed by atoms with Crippen molar-refractivity contribution in [2.24, 2.45) is 0 Å². The van der Waals surface area contributed by atoms with Crippen molar-refractivity contribution in [3.63, 3.8) is 0 Å². The summed E-state index contributed by atoms with van der Waals surface area (Å²) < 4.78 is 33.8. The quantitative estimate of drug-likeness (QED) is 0.748. The molecule has 0 radical (unpaired) electrons. The molecule has 2 aromatic rings. The second kappa shape index (κ2) is 8.07. The van der Waals surface area contributed by atoms with Gasteiger partial charge < -0.3 is 13.9 Å². The lowest BCUT2D eigenvalue weighted by Gasteiger charge is -2.43. The molecule has 0 bridgehead atoms. The summed E-state index contributed by atoms with van der Waals surface area (Å²) in [6.07, 6.45) is 1.66. The zero-order valence-electron chi connectivity index (χ0n) is 14.8. The van der Waals surface area contributed by atoms with E-state index in [9.17, 15) is 4.57 Å². The predicted octanol–water partition coefficient (Wildman–Crippen LogP) is 2.55. The highest BCUT2D eigenvalue weighted by Crippen LogP contribution is 2.62. The third kappa shape index (κ3) is 3.40. The van der Waals surface area contributed by atoms with E-state index < -0.39 is 7.29 Å². The van der Waals surface area contributed by atoms with Crippen LogP contribution in [-0.2, 0) is 14.0 Å². The summed E-state index contributed by atoms with van der Waals surface area (Å²) in [5, 5.41) is 0.870. The van der Waals surface area contributed by atoms with Gasteiger partial charge in [-0.05, 0) is 12.1 Å². The lowest BCUT2D eigenvalue weighted by molar-refractivity contribution is 0.0241. The molecule has 1 aromatic carbocycles. The number of hydrogen-bond acceptors (Lipinski definition) is 5. The number of benzene rings is 1. The molecule has 2 aliphatic rings. The molecule has 2 atom stereocenters. The zero-order chi connectivity index (χ0) is 17.8. The van der Waals surface area contributed by atoms with Crippen molar-refractivity contribution in [3.8, 4) is 0 Å². The van der Waals surface area contributed by atoms with E-state index in [1.165, 1.54) is 0 Å². The molecule has 2 saturated heterocycles. The Morgan fingerprint density at radius 1 is 0.846 bits per heavy atom. The highest BCUT2D eigenvalue weighted by molar-refractivity contribution is 7.69. The minimum absolute atomic E-state index is 0.318. The van der Waals surface area contributed by atoms with E-state index in [1.807, 2.05) is 42.5 Å². The molecule has 0 saturated carbocycles. The molecule has 0 N–H and O–H groups in total. The Bertz CT molecular complexity index is 725. The Balaban J connectivity index is 1.82. The molecule has 0 unspecified atom stereocenters. The zero-order valence-corrected chi connectivity index (χ0v) is 15.7. The van der Waals surface area contributed by atoms with Gasteiger partial charge in [-0.1, -0.05) is 30.3 Å². The molecule has 26 heavy (non-hydrogen) atoms. The lowest BCUT2D eigenvalue weighted by atomic mass is 10.3. The first-order valence-corrected chi connectivity index (χ1v) is 10.9. The molecule has 3 heterocycles. The number of nitrogens with zero attached hydrogens (tertiary/aromatic N) is 2. The summed E-state index contributed by atoms with van der Waals surface area (Å²) in [5.74, 6) is 0.437. The van der Waals surface area contributed by atoms with Crippen molar-refractivity contribution in [1.82, 2.24) is 9.57 Å². The first kappa shape index (κ1) is 18.0. The van der Waals surface area contributed by atoms with Gasteiger partial charge in [0.05, 0.1) is 32.7 Å². The maximum Gasteiger partial charge on any atom is 0.202 e. The largest absolute Gasteiger partial charge is 0.467 e. The number of furan rings is 1. The average molecular weight is 376 g/mol. The van der Waals surface area contributed by atoms with Gasteiger partial charge in [-0.3, -0.25) is 9.46 Å². The molecular weight excluding hydrogens is 351 g/mol. The summed E-state index contributed by atoms with van der Waals surface area (Å²) in [5.41, 5.74) is 0. The fourth-order valence-corrected chi connectivity index (χ4v) is 7.23. The molecule has 4 rings (SSSR count). The van der Waals surface area contributed by atoms with Crippen molar-refractivity contribution < 1.29 is 18.5 Å². The van der Waals surface area contributed by atoms with Gasteiger partial charge >= 0.3 is 0 Å². The van der Waals surface area contributed by atoms with Crippen LogP contribution in [0.4, 0.5) is 0 Å². The van der Waals surface area contributed by atoms with Gasteiger partial charge in [-0.25, -0.2) is 4.67 Å². The first-order chi connectivity index (χ1) is 12.8. The Morgan fingerprint density at radius 3 is 2.12 bits per heavy atom. The van der Waals surface area contributed by atoms with Crippen LogP contribution in [0.2, 0.25) is 0 Å². The van der Waals surface area contributed by atoms with Gasteiger partial charge in [0.15, 0.2) is 0 Å². The van der Waals surface area contributed by atoms with E-state index in [4.69, 9.17) is 13.9 Å². The molecular formula is C19H25N2O4P. The molecule has 2 fully saturated rings. The van der Waals surface area contributed by atoms with Gasteiger partial charge in [0, 0.05) is 31.5 Å². The van der Waals surface area contributed by atoms with E-state index in [1.54, 1.807) is 6.26 Å². The minimum atomic E-state index is -2.98. The van der Waals surface area contributed by atoms with Crippen LogP contribution in [0.3, 0.4) is 0 Å². The van der Waals surface area contributed by atoms with Crippen molar-refractivity contribution >= 4 is 12.6 Å². The van der Waals surface area contributed by atoms with E-state index in [2.05, 4.69) is 9.57 Å². The normalized spacial score (nSPS) is 23.4. The third-order valence-electron chi connectivity index (χ3n) is 5.05. The van der Waals surface area contributed by atoms with Crippen molar-refractivity contribution in [2.45, 2.75) is 5.78 Å². The maximum atomic E-state index is 14.8. The summed E-state index contributed by atoms with van der Waals surface area (Å²) in [6, 6.07) is 13.7. The maximum absolute atomic E-state index is 14.8. The molecule has 1 aromatic heterocycles.